The Kier molecular flexibility index (Phi) is 5.11. The van der Waals surface area contributed by atoms with Gasteiger partial charge in [0.1, 0.15) is 0 Å². The fourth-order valence-corrected chi connectivity index (χ4v) is 3.29. The molecule has 1 N–H and O–H groups in total. The first-order valence-corrected chi connectivity index (χ1v) is 7.34. The monoisotopic (exact) mass is 224 g/mol. The van der Waals surface area contributed by atoms with Crippen LogP contribution in [0.15, 0.2) is 0 Å². The molecule has 2 aliphatic rings. The van der Waals surface area contributed by atoms with Crippen molar-refractivity contribution in [2.45, 2.75) is 57.9 Å². The van der Waals surface area contributed by atoms with Crippen molar-refractivity contribution in [3.63, 3.8) is 0 Å². The van der Waals surface area contributed by atoms with Crippen molar-refractivity contribution < 1.29 is 0 Å². The summed E-state index contributed by atoms with van der Waals surface area (Å²) in [5.41, 5.74) is 0. The summed E-state index contributed by atoms with van der Waals surface area (Å²) >= 11 is 0. The first kappa shape index (κ1) is 12.4. The van der Waals surface area contributed by atoms with Crippen LogP contribution < -0.4 is 5.32 Å². The summed E-state index contributed by atoms with van der Waals surface area (Å²) in [5.74, 6) is 0.996. The molecule has 94 valence electrons. The lowest BCUT2D eigenvalue weighted by Gasteiger charge is -2.23. The maximum Gasteiger partial charge on any atom is 0.0195 e. The maximum absolute atomic E-state index is 3.71. The van der Waals surface area contributed by atoms with E-state index in [0.717, 1.165) is 12.0 Å². The molecule has 0 aliphatic carbocycles. The second kappa shape index (κ2) is 6.61. The van der Waals surface area contributed by atoms with Crippen molar-refractivity contribution in [2.24, 2.45) is 5.92 Å². The Balaban J connectivity index is 1.69. The molecule has 2 fully saturated rings. The number of hydrogen-bond acceptors (Lipinski definition) is 2. The van der Waals surface area contributed by atoms with E-state index >= 15 is 0 Å². The highest BCUT2D eigenvalue weighted by atomic mass is 15.2. The molecule has 0 bridgehead atoms. The summed E-state index contributed by atoms with van der Waals surface area (Å²) in [6.07, 6.45) is 9.89. The predicted octanol–water partition coefficient (Wildman–Crippen LogP) is 2.64. The predicted molar refractivity (Wildman–Crippen MR) is 69.7 cm³/mol. The van der Waals surface area contributed by atoms with Crippen LogP contribution in [-0.4, -0.2) is 37.1 Å². The van der Waals surface area contributed by atoms with Crippen LogP contribution in [-0.2, 0) is 0 Å². The van der Waals surface area contributed by atoms with Gasteiger partial charge in [-0.15, -0.1) is 0 Å². The Morgan fingerprint density at radius 2 is 2.12 bits per heavy atom. The summed E-state index contributed by atoms with van der Waals surface area (Å²) < 4.78 is 0. The van der Waals surface area contributed by atoms with Gasteiger partial charge in [0.25, 0.3) is 0 Å². The van der Waals surface area contributed by atoms with Gasteiger partial charge < -0.3 is 10.2 Å². The molecule has 0 aromatic carbocycles. The molecular formula is C14H28N2. The standard InChI is InChI=1S/C14H28N2/c1-2-6-13-8-10-16(11-13)12-14-7-4-3-5-9-15-14/h13-15H,2-12H2,1H3. The summed E-state index contributed by atoms with van der Waals surface area (Å²) in [6, 6.07) is 0.780. The van der Waals surface area contributed by atoms with Crippen molar-refractivity contribution in [1.29, 1.82) is 0 Å². The summed E-state index contributed by atoms with van der Waals surface area (Å²) in [6.45, 7) is 7.58. The zero-order chi connectivity index (χ0) is 11.2. The van der Waals surface area contributed by atoms with E-state index in [1.807, 2.05) is 0 Å². The lowest BCUT2D eigenvalue weighted by atomic mass is 10.0. The number of nitrogens with one attached hydrogen (secondary N) is 1. The van der Waals surface area contributed by atoms with Gasteiger partial charge in [-0.3, -0.25) is 0 Å². The van der Waals surface area contributed by atoms with Gasteiger partial charge in [-0.05, 0) is 44.7 Å². The molecule has 0 spiro atoms. The van der Waals surface area contributed by atoms with Gasteiger partial charge in [0.2, 0.25) is 0 Å². The molecule has 0 saturated carbocycles. The zero-order valence-electron chi connectivity index (χ0n) is 10.9. The van der Waals surface area contributed by atoms with Gasteiger partial charge in [-0.1, -0.05) is 26.2 Å². The van der Waals surface area contributed by atoms with Crippen LogP contribution in [0.2, 0.25) is 0 Å². The Morgan fingerprint density at radius 3 is 3.00 bits per heavy atom. The van der Waals surface area contributed by atoms with Gasteiger partial charge in [0.15, 0.2) is 0 Å². The van der Waals surface area contributed by atoms with Crippen LogP contribution in [0.1, 0.15) is 51.9 Å². The molecule has 0 aromatic heterocycles. The van der Waals surface area contributed by atoms with Crippen molar-refractivity contribution in [3.8, 4) is 0 Å². The highest BCUT2D eigenvalue weighted by Gasteiger charge is 2.24. The smallest absolute Gasteiger partial charge is 0.0195 e. The quantitative estimate of drug-likeness (QED) is 0.790. The van der Waals surface area contributed by atoms with Crippen molar-refractivity contribution >= 4 is 0 Å². The van der Waals surface area contributed by atoms with E-state index in [9.17, 15) is 0 Å². The molecule has 0 amide bonds. The minimum Gasteiger partial charge on any atom is -0.313 e. The molecule has 2 saturated heterocycles. The molecule has 2 aliphatic heterocycles. The Hall–Kier alpha value is -0.0800. The minimum atomic E-state index is 0.780. The highest BCUT2D eigenvalue weighted by Crippen LogP contribution is 2.21. The van der Waals surface area contributed by atoms with E-state index in [1.54, 1.807) is 0 Å². The first-order chi connectivity index (χ1) is 7.88. The van der Waals surface area contributed by atoms with Gasteiger partial charge in [0, 0.05) is 19.1 Å². The van der Waals surface area contributed by atoms with Crippen LogP contribution in [0.4, 0.5) is 0 Å². The third-order valence-corrected chi connectivity index (χ3v) is 4.21. The van der Waals surface area contributed by atoms with Crippen molar-refractivity contribution in [2.75, 3.05) is 26.2 Å². The van der Waals surface area contributed by atoms with Crippen LogP contribution >= 0.6 is 0 Å². The normalized spacial score (nSPS) is 32.8. The molecule has 0 radical (unpaired) electrons. The summed E-state index contributed by atoms with van der Waals surface area (Å²) in [7, 11) is 0. The summed E-state index contributed by atoms with van der Waals surface area (Å²) in [4.78, 5) is 2.70. The van der Waals surface area contributed by atoms with E-state index in [4.69, 9.17) is 0 Å². The molecule has 16 heavy (non-hydrogen) atoms. The Labute approximate surface area is 101 Å². The number of rotatable bonds is 4. The molecule has 2 rings (SSSR count). The topological polar surface area (TPSA) is 15.3 Å². The van der Waals surface area contributed by atoms with Crippen LogP contribution in [0.25, 0.3) is 0 Å². The van der Waals surface area contributed by atoms with Crippen LogP contribution in [0, 0.1) is 5.92 Å². The minimum absolute atomic E-state index is 0.780. The van der Waals surface area contributed by atoms with Crippen molar-refractivity contribution in [1.82, 2.24) is 10.2 Å². The van der Waals surface area contributed by atoms with Gasteiger partial charge in [-0.2, -0.15) is 0 Å². The fourth-order valence-electron chi connectivity index (χ4n) is 3.29. The second-order valence-electron chi connectivity index (χ2n) is 5.70. The molecule has 2 nitrogen and oxygen atoms in total. The summed E-state index contributed by atoms with van der Waals surface area (Å²) in [5, 5.41) is 3.71. The highest BCUT2D eigenvalue weighted by molar-refractivity contribution is 4.80. The molecule has 2 heterocycles. The molecule has 2 atom stereocenters. The molecule has 0 aromatic rings. The van der Waals surface area contributed by atoms with E-state index in [2.05, 4.69) is 17.1 Å². The average molecular weight is 224 g/mol. The number of nitrogens with zero attached hydrogens (tertiary/aromatic N) is 1. The van der Waals surface area contributed by atoms with Crippen LogP contribution in [0.5, 0.6) is 0 Å². The lowest BCUT2D eigenvalue weighted by Crippen LogP contribution is -2.39. The third kappa shape index (κ3) is 3.74. The van der Waals surface area contributed by atoms with E-state index in [-0.39, 0.29) is 0 Å². The fraction of sp³-hybridized carbons (Fsp3) is 1.00. The maximum atomic E-state index is 3.71. The van der Waals surface area contributed by atoms with Crippen molar-refractivity contribution in [3.05, 3.63) is 0 Å². The lowest BCUT2D eigenvalue weighted by molar-refractivity contribution is 0.275. The van der Waals surface area contributed by atoms with E-state index < -0.39 is 0 Å². The van der Waals surface area contributed by atoms with Gasteiger partial charge in [-0.25, -0.2) is 0 Å². The van der Waals surface area contributed by atoms with E-state index in [0.29, 0.717) is 0 Å². The van der Waals surface area contributed by atoms with E-state index in [1.165, 1.54) is 71.1 Å². The second-order valence-corrected chi connectivity index (χ2v) is 5.70. The number of likely N-dealkylation sites (tertiary alicyclic amines) is 1. The molecular weight excluding hydrogens is 196 g/mol. The van der Waals surface area contributed by atoms with Crippen LogP contribution in [0.3, 0.4) is 0 Å². The zero-order valence-corrected chi connectivity index (χ0v) is 10.9. The Bertz CT molecular complexity index is 185. The average Bonchev–Trinajstić information content (AvgIpc) is 2.56. The molecule has 2 heteroatoms. The number of hydrogen-bond donors (Lipinski definition) is 1. The third-order valence-electron chi connectivity index (χ3n) is 4.21. The molecule has 2 unspecified atom stereocenters. The largest absolute Gasteiger partial charge is 0.313 e. The SMILES string of the molecule is CCCC1CCN(CC2CCCCCN2)C1. The first-order valence-electron chi connectivity index (χ1n) is 7.34. The van der Waals surface area contributed by atoms with Gasteiger partial charge >= 0.3 is 0 Å². The van der Waals surface area contributed by atoms with Gasteiger partial charge in [0.05, 0.1) is 0 Å². The Morgan fingerprint density at radius 1 is 1.19 bits per heavy atom.